The molecule has 0 bridgehead atoms. The molecule has 0 atom stereocenters. The van der Waals surface area contributed by atoms with Crippen LogP contribution in [0, 0.1) is 17.3 Å². The molecular weight excluding hydrogens is 216 g/mol. The van der Waals surface area contributed by atoms with E-state index in [2.05, 4.69) is 0 Å². The Balaban J connectivity index is 1.78. The number of hydrogen-bond donors (Lipinski definition) is 0. The van der Waals surface area contributed by atoms with E-state index in [-0.39, 0.29) is 0 Å². The van der Waals surface area contributed by atoms with Gasteiger partial charge in [0.25, 0.3) is 0 Å². The van der Waals surface area contributed by atoms with Gasteiger partial charge in [-0.2, -0.15) is 0 Å². The van der Waals surface area contributed by atoms with Crippen LogP contribution in [0.5, 0.6) is 0 Å². The van der Waals surface area contributed by atoms with E-state index in [9.17, 15) is 0 Å². The Morgan fingerprint density at radius 2 is 0.833 bits per heavy atom. The molecule has 0 N–H and O–H groups in total. The van der Waals surface area contributed by atoms with Crippen LogP contribution >= 0.6 is 0 Å². The molecule has 0 unspecified atom stereocenters. The highest BCUT2D eigenvalue weighted by Crippen LogP contribution is 2.56. The van der Waals surface area contributed by atoms with Gasteiger partial charge in [-0.1, -0.05) is 57.8 Å². The standard InChI is InChI=1S/C18H32/c1-2-5-11-16(10-4-1)18(14-8-3-9-15-18)17-12-6-7-13-17/h16-17H,1-15H2. The van der Waals surface area contributed by atoms with E-state index >= 15 is 0 Å². The quantitative estimate of drug-likeness (QED) is 0.518. The van der Waals surface area contributed by atoms with E-state index in [1.807, 2.05) is 0 Å². The molecule has 3 fully saturated rings. The summed E-state index contributed by atoms with van der Waals surface area (Å²) in [5, 5.41) is 0. The van der Waals surface area contributed by atoms with Crippen molar-refractivity contribution in [3.8, 4) is 0 Å². The smallest absolute Gasteiger partial charge is 0.0241 e. The molecule has 0 amide bonds. The molecule has 104 valence electrons. The summed E-state index contributed by atoms with van der Waals surface area (Å²) in [4.78, 5) is 0. The molecule has 3 aliphatic rings. The van der Waals surface area contributed by atoms with Gasteiger partial charge in [0, 0.05) is 0 Å². The minimum atomic E-state index is 0.819. The van der Waals surface area contributed by atoms with E-state index in [1.54, 1.807) is 77.0 Å². The highest BCUT2D eigenvalue weighted by atomic mass is 14.5. The van der Waals surface area contributed by atoms with Crippen LogP contribution in [0.2, 0.25) is 0 Å². The summed E-state index contributed by atoms with van der Waals surface area (Å²) in [6.07, 6.45) is 23.4. The second-order valence-electron chi connectivity index (χ2n) is 7.46. The minimum absolute atomic E-state index is 0.819. The summed E-state index contributed by atoms with van der Waals surface area (Å²) in [7, 11) is 0. The third kappa shape index (κ3) is 2.49. The Bertz CT molecular complexity index is 235. The Hall–Kier alpha value is 0. The van der Waals surface area contributed by atoms with Crippen molar-refractivity contribution in [1.82, 2.24) is 0 Å². The van der Waals surface area contributed by atoms with Crippen LogP contribution in [-0.2, 0) is 0 Å². The highest BCUT2D eigenvalue weighted by molar-refractivity contribution is 4.96. The second kappa shape index (κ2) is 5.97. The molecule has 0 spiro atoms. The van der Waals surface area contributed by atoms with Crippen molar-refractivity contribution in [1.29, 1.82) is 0 Å². The monoisotopic (exact) mass is 248 g/mol. The van der Waals surface area contributed by atoms with E-state index < -0.39 is 0 Å². The first-order valence-electron chi connectivity index (χ1n) is 8.92. The topological polar surface area (TPSA) is 0 Å². The molecule has 3 rings (SSSR count). The van der Waals surface area contributed by atoms with E-state index in [0.29, 0.717) is 0 Å². The fourth-order valence-corrected chi connectivity index (χ4v) is 5.71. The molecule has 0 saturated heterocycles. The van der Waals surface area contributed by atoms with Crippen molar-refractivity contribution in [3.63, 3.8) is 0 Å². The molecule has 18 heavy (non-hydrogen) atoms. The van der Waals surface area contributed by atoms with E-state index in [1.165, 1.54) is 19.3 Å². The minimum Gasteiger partial charge on any atom is -0.0533 e. The molecule has 3 saturated carbocycles. The van der Waals surface area contributed by atoms with Gasteiger partial charge in [-0.15, -0.1) is 0 Å². The van der Waals surface area contributed by atoms with Gasteiger partial charge in [0.1, 0.15) is 0 Å². The first-order chi connectivity index (χ1) is 8.92. The Labute approximate surface area is 114 Å². The lowest BCUT2D eigenvalue weighted by Crippen LogP contribution is -2.39. The van der Waals surface area contributed by atoms with Crippen molar-refractivity contribution in [2.75, 3.05) is 0 Å². The lowest BCUT2D eigenvalue weighted by molar-refractivity contribution is 0.0173. The zero-order valence-corrected chi connectivity index (χ0v) is 12.3. The molecule has 0 aromatic carbocycles. The molecule has 3 aliphatic carbocycles. The van der Waals surface area contributed by atoms with E-state index in [0.717, 1.165) is 17.3 Å². The zero-order valence-electron chi connectivity index (χ0n) is 12.3. The maximum atomic E-state index is 1.60. The van der Waals surface area contributed by atoms with Crippen LogP contribution in [0.1, 0.15) is 96.3 Å². The molecule has 0 nitrogen and oxygen atoms in total. The van der Waals surface area contributed by atoms with Gasteiger partial charge in [0.05, 0.1) is 0 Å². The largest absolute Gasteiger partial charge is 0.0533 e. The highest BCUT2D eigenvalue weighted by Gasteiger charge is 2.45. The van der Waals surface area contributed by atoms with Gasteiger partial charge in [0.2, 0.25) is 0 Å². The zero-order chi connectivity index (χ0) is 12.3. The van der Waals surface area contributed by atoms with Crippen molar-refractivity contribution < 1.29 is 0 Å². The summed E-state index contributed by atoms with van der Waals surface area (Å²) in [5.41, 5.74) is 0.819. The Kier molecular flexibility index (Phi) is 4.31. The fraction of sp³-hybridized carbons (Fsp3) is 1.00. The fourth-order valence-electron chi connectivity index (χ4n) is 5.71. The molecular formula is C18H32. The van der Waals surface area contributed by atoms with Gasteiger partial charge < -0.3 is 0 Å². The normalized spacial score (nSPS) is 31.3. The van der Waals surface area contributed by atoms with Crippen LogP contribution < -0.4 is 0 Å². The first kappa shape index (κ1) is 13.0. The van der Waals surface area contributed by atoms with Crippen molar-refractivity contribution in [2.24, 2.45) is 17.3 Å². The number of hydrogen-bond acceptors (Lipinski definition) is 0. The number of rotatable bonds is 2. The van der Waals surface area contributed by atoms with Crippen molar-refractivity contribution in [3.05, 3.63) is 0 Å². The molecule has 0 aromatic rings. The molecule has 0 radical (unpaired) electrons. The lowest BCUT2D eigenvalue weighted by atomic mass is 9.57. The lowest BCUT2D eigenvalue weighted by Gasteiger charge is -2.48. The SMILES string of the molecule is C1CCCC(C2(C3CCCC3)CCCCC2)CC1. The van der Waals surface area contributed by atoms with Crippen LogP contribution in [0.4, 0.5) is 0 Å². The average molecular weight is 248 g/mol. The average Bonchev–Trinajstić information content (AvgIpc) is 2.83. The van der Waals surface area contributed by atoms with Gasteiger partial charge >= 0.3 is 0 Å². The maximum absolute atomic E-state index is 1.60. The third-order valence-corrected chi connectivity index (χ3v) is 6.62. The van der Waals surface area contributed by atoms with Crippen LogP contribution in [0.15, 0.2) is 0 Å². The van der Waals surface area contributed by atoms with Crippen molar-refractivity contribution >= 4 is 0 Å². The van der Waals surface area contributed by atoms with Gasteiger partial charge in [-0.3, -0.25) is 0 Å². The van der Waals surface area contributed by atoms with Gasteiger partial charge in [0.15, 0.2) is 0 Å². The summed E-state index contributed by atoms with van der Waals surface area (Å²) < 4.78 is 0. The summed E-state index contributed by atoms with van der Waals surface area (Å²) in [6.45, 7) is 0. The Morgan fingerprint density at radius 3 is 1.33 bits per heavy atom. The van der Waals surface area contributed by atoms with Crippen LogP contribution in [0.3, 0.4) is 0 Å². The molecule has 0 heterocycles. The molecule has 0 aromatic heterocycles. The van der Waals surface area contributed by atoms with Crippen LogP contribution in [-0.4, -0.2) is 0 Å². The predicted molar refractivity (Wildman–Crippen MR) is 78.7 cm³/mol. The second-order valence-corrected chi connectivity index (χ2v) is 7.46. The van der Waals surface area contributed by atoms with Gasteiger partial charge in [-0.05, 0) is 55.8 Å². The third-order valence-electron chi connectivity index (χ3n) is 6.62. The molecule has 0 aliphatic heterocycles. The van der Waals surface area contributed by atoms with Gasteiger partial charge in [-0.25, -0.2) is 0 Å². The Morgan fingerprint density at radius 1 is 0.444 bits per heavy atom. The summed E-state index contributed by atoms with van der Waals surface area (Å²) >= 11 is 0. The molecule has 0 heteroatoms. The van der Waals surface area contributed by atoms with Crippen molar-refractivity contribution in [2.45, 2.75) is 96.3 Å². The van der Waals surface area contributed by atoms with Crippen LogP contribution in [0.25, 0.3) is 0 Å². The summed E-state index contributed by atoms with van der Waals surface area (Å²) in [6, 6.07) is 0. The van der Waals surface area contributed by atoms with E-state index in [4.69, 9.17) is 0 Å². The maximum Gasteiger partial charge on any atom is -0.0241 e. The predicted octanol–water partition coefficient (Wildman–Crippen LogP) is 6.10. The summed E-state index contributed by atoms with van der Waals surface area (Å²) in [5.74, 6) is 2.24. The first-order valence-corrected chi connectivity index (χ1v) is 8.92.